The lowest BCUT2D eigenvalue weighted by atomic mass is 10.0. The van der Waals surface area contributed by atoms with Gasteiger partial charge in [0, 0.05) is 10.5 Å². The number of aliphatic carboxylic acids is 1. The van der Waals surface area contributed by atoms with Gasteiger partial charge in [-0.3, -0.25) is 9.59 Å². The third kappa shape index (κ3) is 3.57. The molecule has 2 N–H and O–H groups in total. The van der Waals surface area contributed by atoms with Gasteiger partial charge in [0.1, 0.15) is 0 Å². The fraction of sp³-hybridized carbons (Fsp3) is 0.333. The molecule has 0 saturated heterocycles. The molecule has 92 valence electrons. The molecule has 17 heavy (non-hydrogen) atoms. The van der Waals surface area contributed by atoms with Crippen LogP contribution in [0.2, 0.25) is 0 Å². The standard InChI is InChI=1S/C12H15NO3S/c1-3-17-9-6-4-8(5-7-9)11(14)10(13-2)12(15)16/h4-7,10,13H,3H2,1-2H3,(H,15,16). The van der Waals surface area contributed by atoms with Gasteiger partial charge in [0.05, 0.1) is 0 Å². The molecule has 0 radical (unpaired) electrons. The predicted molar refractivity (Wildman–Crippen MR) is 67.7 cm³/mol. The molecule has 0 fully saturated rings. The van der Waals surface area contributed by atoms with Crippen LogP contribution in [0.25, 0.3) is 0 Å². The first-order valence-electron chi connectivity index (χ1n) is 5.27. The third-order valence-electron chi connectivity index (χ3n) is 2.25. The van der Waals surface area contributed by atoms with Gasteiger partial charge in [0.15, 0.2) is 11.8 Å². The Labute approximate surface area is 104 Å². The lowest BCUT2D eigenvalue weighted by Crippen LogP contribution is -2.41. The zero-order valence-electron chi connectivity index (χ0n) is 9.77. The normalized spacial score (nSPS) is 12.1. The molecule has 0 saturated carbocycles. The molecule has 0 bridgehead atoms. The smallest absolute Gasteiger partial charge is 0.328 e. The maximum atomic E-state index is 11.8. The molecule has 0 aliphatic rings. The number of rotatable bonds is 6. The molecule has 5 heteroatoms. The number of nitrogens with one attached hydrogen (secondary N) is 1. The second-order valence-corrected chi connectivity index (χ2v) is 4.72. The molecule has 0 heterocycles. The van der Waals surface area contributed by atoms with Gasteiger partial charge in [0.2, 0.25) is 0 Å². The number of benzene rings is 1. The monoisotopic (exact) mass is 253 g/mol. The van der Waals surface area contributed by atoms with E-state index in [4.69, 9.17) is 5.11 Å². The summed E-state index contributed by atoms with van der Waals surface area (Å²) < 4.78 is 0. The highest BCUT2D eigenvalue weighted by Crippen LogP contribution is 2.18. The Bertz CT molecular complexity index is 403. The molecular weight excluding hydrogens is 238 g/mol. The van der Waals surface area contributed by atoms with E-state index < -0.39 is 17.8 Å². The van der Waals surface area contributed by atoms with Gasteiger partial charge in [0.25, 0.3) is 0 Å². The van der Waals surface area contributed by atoms with Crippen LogP contribution in [0.1, 0.15) is 17.3 Å². The van der Waals surface area contributed by atoms with Crippen molar-refractivity contribution >= 4 is 23.5 Å². The predicted octanol–water partition coefficient (Wildman–Crippen LogP) is 1.65. The zero-order chi connectivity index (χ0) is 12.8. The quantitative estimate of drug-likeness (QED) is 0.458. The summed E-state index contributed by atoms with van der Waals surface area (Å²) in [5.74, 6) is -0.626. The Morgan fingerprint density at radius 3 is 2.35 bits per heavy atom. The van der Waals surface area contributed by atoms with E-state index in [1.54, 1.807) is 23.9 Å². The van der Waals surface area contributed by atoms with Gasteiger partial charge in [-0.15, -0.1) is 11.8 Å². The van der Waals surface area contributed by atoms with Crippen LogP contribution in [-0.4, -0.2) is 35.7 Å². The lowest BCUT2D eigenvalue weighted by Gasteiger charge is -2.10. The van der Waals surface area contributed by atoms with Crippen molar-refractivity contribution in [1.82, 2.24) is 5.32 Å². The molecule has 1 aromatic carbocycles. The van der Waals surface area contributed by atoms with Crippen molar-refractivity contribution < 1.29 is 14.7 Å². The van der Waals surface area contributed by atoms with Gasteiger partial charge < -0.3 is 10.4 Å². The number of carboxylic acids is 1. The van der Waals surface area contributed by atoms with E-state index in [9.17, 15) is 9.59 Å². The fourth-order valence-corrected chi connectivity index (χ4v) is 2.08. The highest BCUT2D eigenvalue weighted by Gasteiger charge is 2.25. The van der Waals surface area contributed by atoms with Crippen LogP contribution in [-0.2, 0) is 4.79 Å². The number of thioether (sulfide) groups is 1. The van der Waals surface area contributed by atoms with E-state index in [2.05, 4.69) is 5.32 Å². The van der Waals surface area contributed by atoms with Gasteiger partial charge >= 0.3 is 5.97 Å². The second-order valence-electron chi connectivity index (χ2n) is 3.38. The average Bonchev–Trinajstić information content (AvgIpc) is 2.30. The number of carboxylic acid groups (broad SMARTS) is 1. The van der Waals surface area contributed by atoms with E-state index in [1.165, 1.54) is 7.05 Å². The summed E-state index contributed by atoms with van der Waals surface area (Å²) in [6, 6.07) is 5.80. The summed E-state index contributed by atoms with van der Waals surface area (Å²) in [7, 11) is 1.46. The Hall–Kier alpha value is -1.33. The van der Waals surface area contributed by atoms with Crippen molar-refractivity contribution in [3.63, 3.8) is 0 Å². The maximum Gasteiger partial charge on any atom is 0.328 e. The average molecular weight is 253 g/mol. The van der Waals surface area contributed by atoms with Crippen molar-refractivity contribution in [2.75, 3.05) is 12.8 Å². The van der Waals surface area contributed by atoms with Crippen molar-refractivity contribution in [2.45, 2.75) is 17.9 Å². The Morgan fingerprint density at radius 2 is 1.94 bits per heavy atom. The van der Waals surface area contributed by atoms with Crippen molar-refractivity contribution in [1.29, 1.82) is 0 Å². The lowest BCUT2D eigenvalue weighted by molar-refractivity contribution is -0.137. The molecule has 0 spiro atoms. The van der Waals surface area contributed by atoms with Crippen LogP contribution < -0.4 is 5.32 Å². The molecule has 0 aromatic heterocycles. The summed E-state index contributed by atoms with van der Waals surface area (Å²) in [5.41, 5.74) is 0.409. The van der Waals surface area contributed by atoms with E-state index in [1.807, 2.05) is 19.1 Å². The van der Waals surface area contributed by atoms with E-state index in [0.29, 0.717) is 5.56 Å². The number of likely N-dealkylation sites (N-methyl/N-ethyl adjacent to an activating group) is 1. The van der Waals surface area contributed by atoms with Crippen molar-refractivity contribution in [3.05, 3.63) is 29.8 Å². The molecule has 1 atom stereocenters. The minimum absolute atomic E-state index is 0.409. The number of carbonyl (C=O) groups excluding carboxylic acids is 1. The van der Waals surface area contributed by atoms with Crippen LogP contribution in [0.15, 0.2) is 29.2 Å². The first kappa shape index (κ1) is 13.7. The SMILES string of the molecule is CCSc1ccc(C(=O)C(NC)C(=O)O)cc1. The second kappa shape index (κ2) is 6.42. The molecule has 0 amide bonds. The molecule has 1 unspecified atom stereocenters. The van der Waals surface area contributed by atoms with Crippen molar-refractivity contribution in [2.24, 2.45) is 0 Å². The summed E-state index contributed by atoms with van der Waals surface area (Å²) in [5, 5.41) is 11.3. The van der Waals surface area contributed by atoms with Crippen LogP contribution in [0.3, 0.4) is 0 Å². The number of hydrogen-bond donors (Lipinski definition) is 2. The first-order chi connectivity index (χ1) is 8.10. The van der Waals surface area contributed by atoms with Gasteiger partial charge in [-0.25, -0.2) is 0 Å². The number of ketones is 1. The summed E-state index contributed by atoms with van der Waals surface area (Å²) >= 11 is 1.67. The maximum absolute atomic E-state index is 11.8. The number of Topliss-reactive ketones (excluding diaryl/α,β-unsaturated/α-hetero) is 1. The minimum Gasteiger partial charge on any atom is -0.480 e. The molecule has 1 rings (SSSR count). The minimum atomic E-state index is -1.18. The van der Waals surface area contributed by atoms with Gasteiger partial charge in [-0.2, -0.15) is 0 Å². The zero-order valence-corrected chi connectivity index (χ0v) is 10.6. The Kier molecular flexibility index (Phi) is 5.18. The molecule has 4 nitrogen and oxygen atoms in total. The third-order valence-corrected chi connectivity index (χ3v) is 3.14. The topological polar surface area (TPSA) is 66.4 Å². The number of carbonyl (C=O) groups is 2. The Morgan fingerprint density at radius 1 is 1.35 bits per heavy atom. The summed E-state index contributed by atoms with van der Waals surface area (Å²) in [6.07, 6.45) is 0. The Balaban J connectivity index is 2.85. The van der Waals surface area contributed by atoms with Crippen LogP contribution >= 0.6 is 11.8 Å². The van der Waals surface area contributed by atoms with E-state index >= 15 is 0 Å². The first-order valence-corrected chi connectivity index (χ1v) is 6.25. The van der Waals surface area contributed by atoms with Crippen LogP contribution in [0, 0.1) is 0 Å². The fourth-order valence-electron chi connectivity index (χ4n) is 1.42. The van der Waals surface area contributed by atoms with Gasteiger partial charge in [-0.05, 0) is 24.9 Å². The molecule has 1 aromatic rings. The van der Waals surface area contributed by atoms with E-state index in [-0.39, 0.29) is 0 Å². The summed E-state index contributed by atoms with van der Waals surface area (Å²) in [4.78, 5) is 23.7. The highest BCUT2D eigenvalue weighted by molar-refractivity contribution is 7.99. The van der Waals surface area contributed by atoms with Crippen LogP contribution in [0.5, 0.6) is 0 Å². The molecule has 0 aliphatic carbocycles. The highest BCUT2D eigenvalue weighted by atomic mass is 32.2. The summed E-state index contributed by atoms with van der Waals surface area (Å²) in [6.45, 7) is 2.05. The largest absolute Gasteiger partial charge is 0.480 e. The van der Waals surface area contributed by atoms with E-state index in [0.717, 1.165) is 10.6 Å². The molecular formula is C12H15NO3S. The van der Waals surface area contributed by atoms with Crippen LogP contribution in [0.4, 0.5) is 0 Å². The van der Waals surface area contributed by atoms with Gasteiger partial charge in [-0.1, -0.05) is 19.1 Å². The molecule has 0 aliphatic heterocycles. The number of hydrogen-bond acceptors (Lipinski definition) is 4. The van der Waals surface area contributed by atoms with Crippen molar-refractivity contribution in [3.8, 4) is 0 Å².